The second-order valence-corrected chi connectivity index (χ2v) is 9.46. The minimum Gasteiger partial charge on any atom is -0.295 e. The maximum absolute atomic E-state index is 13.1. The Morgan fingerprint density at radius 1 is 1.38 bits per heavy atom. The molecule has 2 aliphatic rings. The number of benzene rings is 1. The van der Waals surface area contributed by atoms with E-state index < -0.39 is 22.2 Å². The van der Waals surface area contributed by atoms with Gasteiger partial charge in [0.25, 0.3) is 0 Å². The molecular weight excluding hydrogens is 381 g/mol. The molecule has 0 radical (unpaired) electrons. The van der Waals surface area contributed by atoms with Gasteiger partial charge in [0.2, 0.25) is 10.0 Å². The SMILES string of the molecule is CC1NSC(n2c(=O)n(C)c3ccc(S(=O)(=O)NC4(CF)CC4)cc32)N1. The van der Waals surface area contributed by atoms with Crippen LogP contribution in [0.2, 0.25) is 0 Å². The summed E-state index contributed by atoms with van der Waals surface area (Å²) >= 11 is 1.36. The van der Waals surface area contributed by atoms with Gasteiger partial charge in [0.1, 0.15) is 6.67 Å². The first-order valence-corrected chi connectivity index (χ1v) is 10.6. The number of rotatable bonds is 5. The van der Waals surface area contributed by atoms with Crippen LogP contribution in [0.25, 0.3) is 11.0 Å². The van der Waals surface area contributed by atoms with Crippen LogP contribution in [0, 0.1) is 0 Å². The minimum atomic E-state index is -3.87. The molecule has 11 heteroatoms. The standard InChI is InChI=1S/C15H20FN5O3S2/c1-9-17-13(25-18-9)21-12-7-10(3-4-11(12)20(2)14(21)22)26(23,24)19-15(8-16)5-6-15/h3-4,7,9,13,17-19H,5-6,8H2,1-2H3. The zero-order chi connectivity index (χ0) is 18.7. The molecule has 1 aromatic carbocycles. The number of sulfonamides is 1. The number of nitrogens with zero attached hydrogens (tertiary/aromatic N) is 2. The van der Waals surface area contributed by atoms with Crippen LogP contribution in [0.15, 0.2) is 27.9 Å². The van der Waals surface area contributed by atoms with Crippen LogP contribution in [0.5, 0.6) is 0 Å². The zero-order valence-electron chi connectivity index (χ0n) is 14.3. The molecule has 2 fully saturated rings. The van der Waals surface area contributed by atoms with Crippen LogP contribution in [-0.4, -0.2) is 35.9 Å². The molecule has 0 bridgehead atoms. The van der Waals surface area contributed by atoms with Gasteiger partial charge in [-0.3, -0.25) is 14.5 Å². The third kappa shape index (κ3) is 2.87. The van der Waals surface area contributed by atoms with Crippen molar-refractivity contribution in [3.63, 3.8) is 0 Å². The van der Waals surface area contributed by atoms with E-state index in [0.717, 1.165) is 0 Å². The summed E-state index contributed by atoms with van der Waals surface area (Å²) in [5, 5.41) is 3.22. The number of nitrogens with one attached hydrogen (secondary N) is 3. The van der Waals surface area contributed by atoms with Gasteiger partial charge in [0.15, 0.2) is 5.50 Å². The lowest BCUT2D eigenvalue weighted by atomic mass is 10.3. The van der Waals surface area contributed by atoms with Crippen LogP contribution in [-0.2, 0) is 17.1 Å². The molecule has 1 saturated heterocycles. The number of alkyl halides is 1. The van der Waals surface area contributed by atoms with Gasteiger partial charge in [-0.05, 0) is 49.9 Å². The molecule has 2 aromatic rings. The fraction of sp³-hybridized carbons (Fsp3) is 0.533. The predicted octanol–water partition coefficient (Wildman–Crippen LogP) is 0.763. The van der Waals surface area contributed by atoms with Crippen molar-refractivity contribution in [2.75, 3.05) is 6.67 Å². The quantitative estimate of drug-likeness (QED) is 0.640. The van der Waals surface area contributed by atoms with Crippen LogP contribution in [0.4, 0.5) is 4.39 Å². The molecule has 142 valence electrons. The second kappa shape index (κ2) is 6.06. The van der Waals surface area contributed by atoms with E-state index in [4.69, 9.17) is 0 Å². The van der Waals surface area contributed by atoms with Crippen molar-refractivity contribution in [1.29, 1.82) is 0 Å². The van der Waals surface area contributed by atoms with Gasteiger partial charge in [0.05, 0.1) is 27.6 Å². The Morgan fingerprint density at radius 2 is 2.12 bits per heavy atom. The van der Waals surface area contributed by atoms with Gasteiger partial charge in [0, 0.05) is 7.05 Å². The summed E-state index contributed by atoms with van der Waals surface area (Å²) in [4.78, 5) is 12.7. The van der Waals surface area contributed by atoms with E-state index in [-0.39, 0.29) is 22.2 Å². The number of imidazole rings is 1. The van der Waals surface area contributed by atoms with Crippen LogP contribution in [0.1, 0.15) is 25.3 Å². The molecule has 4 rings (SSSR count). The number of aryl methyl sites for hydroxylation is 1. The van der Waals surface area contributed by atoms with Crippen molar-refractivity contribution in [3.8, 4) is 0 Å². The Morgan fingerprint density at radius 3 is 2.69 bits per heavy atom. The minimum absolute atomic E-state index is 0.0139. The molecule has 0 spiro atoms. The highest BCUT2D eigenvalue weighted by molar-refractivity contribution is 7.97. The Kier molecular flexibility index (Phi) is 4.19. The Labute approximate surface area is 154 Å². The van der Waals surface area contributed by atoms with Gasteiger partial charge in [-0.15, -0.1) is 0 Å². The van der Waals surface area contributed by atoms with Crippen molar-refractivity contribution in [2.45, 2.75) is 41.9 Å². The van der Waals surface area contributed by atoms with E-state index >= 15 is 0 Å². The Hall–Kier alpha value is -1.40. The molecule has 2 heterocycles. The number of halogens is 1. The highest BCUT2D eigenvalue weighted by atomic mass is 32.2. The molecule has 1 aliphatic carbocycles. The molecule has 0 amide bonds. The fourth-order valence-corrected chi connectivity index (χ4v) is 5.52. The van der Waals surface area contributed by atoms with E-state index in [9.17, 15) is 17.6 Å². The third-order valence-electron chi connectivity index (χ3n) is 4.81. The van der Waals surface area contributed by atoms with Gasteiger partial charge in [-0.25, -0.2) is 27.0 Å². The lowest BCUT2D eigenvalue weighted by Gasteiger charge is -2.15. The van der Waals surface area contributed by atoms with Gasteiger partial charge in [-0.1, -0.05) is 0 Å². The number of hydrogen-bond donors (Lipinski definition) is 3. The maximum atomic E-state index is 13.1. The molecule has 2 unspecified atom stereocenters. The number of aromatic nitrogens is 2. The summed E-state index contributed by atoms with van der Waals surface area (Å²) in [5.74, 6) is 0. The monoisotopic (exact) mass is 401 g/mol. The van der Waals surface area contributed by atoms with Gasteiger partial charge < -0.3 is 0 Å². The van der Waals surface area contributed by atoms with E-state index in [0.29, 0.717) is 23.9 Å². The maximum Gasteiger partial charge on any atom is 0.330 e. The van der Waals surface area contributed by atoms with Crippen molar-refractivity contribution < 1.29 is 12.8 Å². The summed E-state index contributed by atoms with van der Waals surface area (Å²) in [7, 11) is -2.23. The Bertz CT molecular complexity index is 1030. The molecular formula is C15H20FN5O3S2. The topological polar surface area (TPSA) is 97.2 Å². The highest BCUT2D eigenvalue weighted by Gasteiger charge is 2.46. The molecule has 26 heavy (non-hydrogen) atoms. The zero-order valence-corrected chi connectivity index (χ0v) is 16.0. The molecule has 1 aromatic heterocycles. The summed E-state index contributed by atoms with van der Waals surface area (Å²) in [6.45, 7) is 1.20. The summed E-state index contributed by atoms with van der Waals surface area (Å²) in [6, 6.07) is 4.52. The van der Waals surface area contributed by atoms with Gasteiger partial charge >= 0.3 is 5.69 Å². The molecule has 1 saturated carbocycles. The van der Waals surface area contributed by atoms with Crippen LogP contribution >= 0.6 is 11.9 Å². The lowest BCUT2D eigenvalue weighted by molar-refractivity contribution is 0.393. The lowest BCUT2D eigenvalue weighted by Crippen LogP contribution is -2.38. The Balaban J connectivity index is 1.80. The second-order valence-electron chi connectivity index (χ2n) is 6.86. The predicted molar refractivity (Wildman–Crippen MR) is 97.8 cm³/mol. The first kappa shape index (κ1) is 18.0. The van der Waals surface area contributed by atoms with Crippen molar-refractivity contribution in [3.05, 3.63) is 28.7 Å². The molecule has 8 nitrogen and oxygen atoms in total. The van der Waals surface area contributed by atoms with Crippen LogP contribution < -0.4 is 20.5 Å². The van der Waals surface area contributed by atoms with E-state index in [1.807, 2.05) is 6.92 Å². The van der Waals surface area contributed by atoms with Crippen LogP contribution in [0.3, 0.4) is 0 Å². The average molecular weight is 401 g/mol. The van der Waals surface area contributed by atoms with Crippen molar-refractivity contribution in [2.24, 2.45) is 7.05 Å². The normalized spacial score (nSPS) is 25.0. The molecule has 1 aliphatic heterocycles. The van der Waals surface area contributed by atoms with E-state index in [2.05, 4.69) is 14.8 Å². The molecule has 2 atom stereocenters. The smallest absolute Gasteiger partial charge is 0.295 e. The third-order valence-corrected chi connectivity index (χ3v) is 7.45. The first-order chi connectivity index (χ1) is 12.3. The van der Waals surface area contributed by atoms with Crippen molar-refractivity contribution >= 4 is 33.0 Å². The molecule has 3 N–H and O–H groups in total. The fourth-order valence-electron chi connectivity index (χ4n) is 3.07. The van der Waals surface area contributed by atoms with Gasteiger partial charge in [-0.2, -0.15) is 0 Å². The average Bonchev–Trinajstić information content (AvgIpc) is 3.17. The summed E-state index contributed by atoms with van der Waals surface area (Å²) in [6.07, 6.45) is 1.00. The van der Waals surface area contributed by atoms with E-state index in [1.54, 1.807) is 13.1 Å². The summed E-state index contributed by atoms with van der Waals surface area (Å²) in [5.41, 5.74) is -0.431. The first-order valence-electron chi connectivity index (χ1n) is 8.24. The van der Waals surface area contributed by atoms with E-state index in [1.165, 1.54) is 33.2 Å². The largest absolute Gasteiger partial charge is 0.330 e. The van der Waals surface area contributed by atoms with Crippen molar-refractivity contribution in [1.82, 2.24) is 23.9 Å². The summed E-state index contributed by atoms with van der Waals surface area (Å²) < 4.78 is 47.0. The number of hydrogen-bond acceptors (Lipinski definition) is 6. The highest BCUT2D eigenvalue weighted by Crippen LogP contribution is 2.37. The number of fused-ring (bicyclic) bond motifs is 1.